The van der Waals surface area contributed by atoms with Gasteiger partial charge >= 0.3 is 11.9 Å². The van der Waals surface area contributed by atoms with Gasteiger partial charge in [0.1, 0.15) is 81.4 Å². The van der Waals surface area contributed by atoms with Gasteiger partial charge in [-0.05, 0) is 54.8 Å². The van der Waals surface area contributed by atoms with Crippen LogP contribution in [0.3, 0.4) is 0 Å². The van der Waals surface area contributed by atoms with Crippen LogP contribution in [0.1, 0.15) is 116 Å². The highest BCUT2D eigenvalue weighted by molar-refractivity contribution is 7.95. The highest BCUT2D eigenvalue weighted by Gasteiger charge is 2.53. The van der Waals surface area contributed by atoms with Gasteiger partial charge in [-0.25, -0.2) is 97.4 Å². The molecule has 7 aromatic rings. The Kier molecular flexibility index (Phi) is 26.7. The Bertz CT molecular complexity index is 3310. The van der Waals surface area contributed by atoms with Crippen LogP contribution in [0.25, 0.3) is 0 Å². The first-order chi connectivity index (χ1) is 44.3. The molecule has 0 aliphatic carbocycles. The van der Waals surface area contributed by atoms with Gasteiger partial charge in [-0.2, -0.15) is 0 Å². The third-order valence-electron chi connectivity index (χ3n) is 16.2. The molecule has 4 nitrogen and oxygen atoms in total. The molecule has 93 heavy (non-hydrogen) atoms. The van der Waals surface area contributed by atoms with Gasteiger partial charge in [0.05, 0.1) is 20.4 Å². The molecule has 7 rings (SSSR count). The molecule has 0 unspecified atom stereocenters. The number of hydrogen-bond acceptors (Lipinski definition) is 4. The van der Waals surface area contributed by atoms with E-state index in [9.17, 15) is 62.3 Å². The third-order valence-corrected chi connectivity index (χ3v) is 20.6. The van der Waals surface area contributed by atoms with Gasteiger partial charge in [0.2, 0.25) is 0 Å². The van der Waals surface area contributed by atoms with Crippen molar-refractivity contribution >= 4 is 63.1 Å². The van der Waals surface area contributed by atoms with Crippen LogP contribution in [0.5, 0.6) is 0 Å². The van der Waals surface area contributed by atoms with Crippen molar-refractivity contribution < 1.29 is 107 Å². The highest BCUT2D eigenvalue weighted by atomic mass is 31.2. The van der Waals surface area contributed by atoms with Gasteiger partial charge in [-0.1, -0.05) is 158 Å². The summed E-state index contributed by atoms with van der Waals surface area (Å²) in [4.78, 5) is 26.5. The molecular formula is C67H60BF20O4P. The van der Waals surface area contributed by atoms with Crippen LogP contribution in [0, 0.1) is 116 Å². The third kappa shape index (κ3) is 15.3. The van der Waals surface area contributed by atoms with Crippen LogP contribution >= 0.6 is 7.26 Å². The summed E-state index contributed by atoms with van der Waals surface area (Å²) in [6.07, 6.45) is 14.7. The lowest BCUT2D eigenvalue weighted by molar-refractivity contribution is -0.144. The Labute approximate surface area is 523 Å². The number of carbonyl (C=O) groups is 2. The van der Waals surface area contributed by atoms with Crippen molar-refractivity contribution in [3.05, 3.63) is 218 Å². The minimum atomic E-state index is -7.22. The minimum Gasteiger partial charge on any atom is -0.465 e. The molecule has 0 atom stereocenters. The summed E-state index contributed by atoms with van der Waals surface area (Å²) in [5.74, 6) is -72.7. The smallest absolute Gasteiger partial charge is 0.345 e. The number of benzene rings is 7. The minimum absolute atomic E-state index is 0.0492. The lowest BCUT2D eigenvalue weighted by Gasteiger charge is -2.44. The SMILES string of the molecule is CCCCCCCCCCCCCCCCCCC(C[P+](c1ccccc1)(c1ccccc1)c1ccccc1)=C(C(=O)OC)C(=O)OC.Fc1c(F)c(F)c([B-](c2c(F)c(F)c(F)c(F)c2F)(c2c(F)c(F)c(F)c(F)c2F)c2c(F)c(F)c(F)c(F)c2F)c(F)c1F. The standard InChI is InChI=1S/C43H60O4P.C24BF20/c1-4-5-6-7-8-9-10-11-12-13-14-15-16-17-18-22-29-37(41(42(44)46-2)43(45)47-3)36-48(38-30-23-19-24-31-38,39-32-25-20-26-33-39)40-34-27-21-28-35-40;26-5-1(6(27)14(35)21(42)13(5)34)25(2-7(28)15(36)22(43)16(37)8(2)29,3-9(30)17(38)23(44)18(39)10(3)31)4-11(32)19(40)24(45)20(41)12(4)33/h19-21,23-28,30-35H,4-18,22,29,36H2,1-3H3;/q+1;-1. The summed E-state index contributed by atoms with van der Waals surface area (Å²) in [6, 6.07) is 31.7. The summed E-state index contributed by atoms with van der Waals surface area (Å²) >= 11 is 0. The van der Waals surface area contributed by atoms with E-state index in [1.807, 2.05) is 18.2 Å². The van der Waals surface area contributed by atoms with Gasteiger partial charge in [0, 0.05) is 0 Å². The van der Waals surface area contributed by atoms with Crippen LogP contribution in [-0.4, -0.2) is 38.5 Å². The average molecular weight is 1350 g/mol. The molecule has 0 radical (unpaired) electrons. The Morgan fingerprint density at radius 3 is 0.731 bits per heavy atom. The molecule has 0 N–H and O–H groups in total. The van der Waals surface area contributed by atoms with E-state index >= 15 is 35.1 Å². The highest BCUT2D eigenvalue weighted by Crippen LogP contribution is 2.57. The molecule has 0 fully saturated rings. The number of rotatable bonds is 28. The zero-order valence-electron chi connectivity index (χ0n) is 50.1. The van der Waals surface area contributed by atoms with E-state index < -0.39 is 164 Å². The van der Waals surface area contributed by atoms with Crippen LogP contribution in [-0.2, 0) is 19.1 Å². The maximum absolute atomic E-state index is 15.4. The van der Waals surface area contributed by atoms with Gasteiger partial charge in [0.25, 0.3) is 0 Å². The lowest BCUT2D eigenvalue weighted by atomic mass is 9.12. The van der Waals surface area contributed by atoms with E-state index in [1.165, 1.54) is 114 Å². The molecule has 0 saturated carbocycles. The second-order valence-corrected chi connectivity index (χ2v) is 25.3. The number of methoxy groups -OCH3 is 2. The van der Waals surface area contributed by atoms with Crippen molar-refractivity contribution in [3.8, 4) is 0 Å². The van der Waals surface area contributed by atoms with Gasteiger partial charge in [-0.15, -0.1) is 21.9 Å². The van der Waals surface area contributed by atoms with Crippen LogP contribution in [0.15, 0.2) is 102 Å². The van der Waals surface area contributed by atoms with Gasteiger partial charge < -0.3 is 9.47 Å². The number of esters is 2. The predicted molar refractivity (Wildman–Crippen MR) is 314 cm³/mol. The van der Waals surface area contributed by atoms with E-state index in [4.69, 9.17) is 9.47 Å². The molecule has 0 saturated heterocycles. The quantitative estimate of drug-likeness (QED) is 0.00469. The van der Waals surface area contributed by atoms with Crippen molar-refractivity contribution in [2.24, 2.45) is 0 Å². The Balaban J connectivity index is 0.000000296. The van der Waals surface area contributed by atoms with Crippen molar-refractivity contribution in [1.29, 1.82) is 0 Å². The van der Waals surface area contributed by atoms with Crippen molar-refractivity contribution in [1.82, 2.24) is 0 Å². The molecule has 0 heterocycles. The molecule has 0 spiro atoms. The summed E-state index contributed by atoms with van der Waals surface area (Å²) in [6.45, 7) is 2.28. The molecular weight excluding hydrogens is 1290 g/mol. The van der Waals surface area contributed by atoms with Crippen molar-refractivity contribution in [2.75, 3.05) is 20.4 Å². The predicted octanol–water partition coefficient (Wildman–Crippen LogP) is 16.1. The molecule has 0 aliphatic heterocycles. The number of halogens is 20. The maximum Gasteiger partial charge on any atom is 0.345 e. The van der Waals surface area contributed by atoms with E-state index in [2.05, 4.69) is 79.7 Å². The first kappa shape index (κ1) is 74.4. The average Bonchev–Trinajstić information content (AvgIpc) is 0.683. The molecule has 0 aliphatic rings. The fourth-order valence-electron chi connectivity index (χ4n) is 11.7. The molecule has 0 aromatic heterocycles. The van der Waals surface area contributed by atoms with Crippen LogP contribution < -0.4 is 37.8 Å². The normalized spacial score (nSPS) is 11.6. The monoisotopic (exact) mass is 1350 g/mol. The summed E-state index contributed by atoms with van der Waals surface area (Å²) in [7, 11) is 0.349. The lowest BCUT2D eigenvalue weighted by Crippen LogP contribution is -2.81. The molecule has 0 bridgehead atoms. The fraction of sp³-hybridized carbons (Fsp3) is 0.313. The molecule has 7 aromatic carbocycles. The van der Waals surface area contributed by atoms with Crippen molar-refractivity contribution in [3.63, 3.8) is 0 Å². The molecule has 0 amide bonds. The first-order valence-corrected chi connectivity index (χ1v) is 31.4. The zero-order valence-corrected chi connectivity index (χ0v) is 51.0. The van der Waals surface area contributed by atoms with Crippen LogP contribution in [0.2, 0.25) is 0 Å². The van der Waals surface area contributed by atoms with Gasteiger partial charge in [-0.3, -0.25) is 0 Å². The zero-order chi connectivity index (χ0) is 68.6. The van der Waals surface area contributed by atoms with Crippen molar-refractivity contribution in [2.45, 2.75) is 116 Å². The number of unbranched alkanes of at least 4 members (excludes halogenated alkanes) is 15. The topological polar surface area (TPSA) is 52.6 Å². The fourth-order valence-corrected chi connectivity index (χ4v) is 16.0. The summed E-state index contributed by atoms with van der Waals surface area (Å²) < 4.78 is 304. The van der Waals surface area contributed by atoms with E-state index in [-0.39, 0.29) is 5.57 Å². The van der Waals surface area contributed by atoms with E-state index in [0.717, 1.165) is 24.8 Å². The molecule has 26 heteroatoms. The van der Waals surface area contributed by atoms with Gasteiger partial charge in [0.15, 0.2) is 69.8 Å². The Hall–Kier alpha value is -7.69. The second kappa shape index (κ2) is 33.4. The summed E-state index contributed by atoms with van der Waals surface area (Å²) in [5.41, 5.74) is -13.5. The Morgan fingerprint density at radius 1 is 0.312 bits per heavy atom. The number of allylic oxidation sites excluding steroid dienone is 1. The van der Waals surface area contributed by atoms with E-state index in [0.29, 0.717) is 12.6 Å². The second-order valence-electron chi connectivity index (χ2n) is 21.8. The van der Waals surface area contributed by atoms with E-state index in [1.54, 1.807) is 0 Å². The van der Waals surface area contributed by atoms with Crippen LogP contribution in [0.4, 0.5) is 87.8 Å². The Morgan fingerprint density at radius 2 is 0.516 bits per heavy atom. The maximum atomic E-state index is 15.4. The number of hydrogen-bond donors (Lipinski definition) is 0. The number of carbonyl (C=O) groups excluding carboxylic acids is 2. The largest absolute Gasteiger partial charge is 0.465 e. The molecule has 500 valence electrons. The summed E-state index contributed by atoms with van der Waals surface area (Å²) in [5, 5.41) is 3.63. The first-order valence-electron chi connectivity index (χ1n) is 29.5. The number of ether oxygens (including phenoxy) is 2.